The molecule has 0 bridgehead atoms. The van der Waals surface area contributed by atoms with Crippen molar-refractivity contribution in [2.75, 3.05) is 18.0 Å². The smallest absolute Gasteiger partial charge is 0.323 e. The first-order valence-corrected chi connectivity index (χ1v) is 4.48. The maximum Gasteiger partial charge on any atom is 0.323 e. The third-order valence-corrected chi connectivity index (χ3v) is 1.79. The highest BCUT2D eigenvalue weighted by Gasteiger charge is 2.10. The van der Waals surface area contributed by atoms with Crippen molar-refractivity contribution < 1.29 is 9.90 Å². The second kappa shape index (κ2) is 5.60. The summed E-state index contributed by atoms with van der Waals surface area (Å²) >= 11 is 0. The normalized spacial score (nSPS) is 9.27. The average molecular weight is 205 g/mol. The average Bonchev–Trinajstić information content (AvgIpc) is 2.25. The lowest BCUT2D eigenvalue weighted by atomic mass is 10.3. The molecular formula is C10H11N3O2. The highest BCUT2D eigenvalue weighted by Crippen LogP contribution is 2.08. The van der Waals surface area contributed by atoms with E-state index >= 15 is 0 Å². The maximum atomic E-state index is 10.6. The van der Waals surface area contributed by atoms with Crippen molar-refractivity contribution in [3.8, 4) is 6.07 Å². The van der Waals surface area contributed by atoms with Crippen LogP contribution in [0.15, 0.2) is 24.4 Å². The zero-order valence-corrected chi connectivity index (χ0v) is 8.13. The van der Waals surface area contributed by atoms with Gasteiger partial charge in [-0.05, 0) is 12.1 Å². The van der Waals surface area contributed by atoms with Gasteiger partial charge in [-0.1, -0.05) is 6.07 Å². The van der Waals surface area contributed by atoms with Crippen molar-refractivity contribution in [2.24, 2.45) is 0 Å². The summed E-state index contributed by atoms with van der Waals surface area (Å²) in [7, 11) is 0. The predicted molar refractivity (Wildman–Crippen MR) is 54.3 cm³/mol. The minimum Gasteiger partial charge on any atom is -0.480 e. The van der Waals surface area contributed by atoms with Crippen molar-refractivity contribution in [3.63, 3.8) is 0 Å². The fourth-order valence-electron chi connectivity index (χ4n) is 1.16. The van der Waals surface area contributed by atoms with Crippen molar-refractivity contribution >= 4 is 11.8 Å². The Balaban J connectivity index is 2.72. The second-order valence-corrected chi connectivity index (χ2v) is 2.91. The lowest BCUT2D eigenvalue weighted by molar-refractivity contribution is -0.135. The molecule has 1 aromatic rings. The number of hydrogen-bond acceptors (Lipinski definition) is 4. The van der Waals surface area contributed by atoms with Crippen LogP contribution in [0.2, 0.25) is 0 Å². The predicted octanol–water partition coefficient (Wildman–Crippen LogP) is 0.886. The van der Waals surface area contributed by atoms with Crippen LogP contribution in [0, 0.1) is 11.3 Å². The van der Waals surface area contributed by atoms with E-state index in [1.165, 1.54) is 0 Å². The fraction of sp³-hybridized carbons (Fsp3) is 0.300. The van der Waals surface area contributed by atoms with E-state index in [0.717, 1.165) is 0 Å². The molecule has 0 saturated heterocycles. The number of nitrogens with zero attached hydrogens (tertiary/aromatic N) is 3. The number of carboxylic acids is 1. The summed E-state index contributed by atoms with van der Waals surface area (Å²) in [6, 6.07) is 7.24. The van der Waals surface area contributed by atoms with Crippen molar-refractivity contribution in [1.29, 1.82) is 5.26 Å². The van der Waals surface area contributed by atoms with Crippen molar-refractivity contribution in [2.45, 2.75) is 6.42 Å². The SMILES string of the molecule is N#CCCN(CC(=O)O)c1ccccn1. The quantitative estimate of drug-likeness (QED) is 0.772. The molecule has 1 heterocycles. The van der Waals surface area contributed by atoms with Crippen LogP contribution in [-0.2, 0) is 4.79 Å². The van der Waals surface area contributed by atoms with Gasteiger partial charge in [0.05, 0.1) is 12.5 Å². The molecule has 1 aromatic heterocycles. The Kier molecular flexibility index (Phi) is 4.10. The molecule has 0 aromatic carbocycles. The molecule has 0 unspecified atom stereocenters. The van der Waals surface area contributed by atoms with Gasteiger partial charge in [-0.15, -0.1) is 0 Å². The summed E-state index contributed by atoms with van der Waals surface area (Å²) in [5.74, 6) is -0.353. The number of nitriles is 1. The molecule has 0 spiro atoms. The molecule has 0 radical (unpaired) electrons. The molecule has 0 fully saturated rings. The van der Waals surface area contributed by atoms with Crippen LogP contribution < -0.4 is 4.90 Å². The first kappa shape index (κ1) is 11.0. The van der Waals surface area contributed by atoms with E-state index in [1.54, 1.807) is 29.3 Å². The minimum absolute atomic E-state index is 0.140. The van der Waals surface area contributed by atoms with Crippen LogP contribution in [0.25, 0.3) is 0 Å². The molecule has 0 aliphatic heterocycles. The van der Waals surface area contributed by atoms with E-state index in [1.807, 2.05) is 6.07 Å². The zero-order valence-electron chi connectivity index (χ0n) is 8.13. The monoisotopic (exact) mass is 205 g/mol. The maximum absolute atomic E-state index is 10.6. The summed E-state index contributed by atoms with van der Waals surface area (Å²) in [5.41, 5.74) is 0. The Morgan fingerprint density at radius 1 is 1.60 bits per heavy atom. The molecule has 0 aliphatic rings. The Morgan fingerprint density at radius 2 is 2.40 bits per heavy atom. The summed E-state index contributed by atoms with van der Waals surface area (Å²) in [4.78, 5) is 16.2. The molecule has 0 aliphatic carbocycles. The molecule has 5 heteroatoms. The largest absolute Gasteiger partial charge is 0.480 e. The number of aromatic nitrogens is 1. The zero-order chi connectivity index (χ0) is 11.1. The van der Waals surface area contributed by atoms with E-state index in [0.29, 0.717) is 12.4 Å². The highest BCUT2D eigenvalue weighted by molar-refractivity contribution is 5.73. The minimum atomic E-state index is -0.932. The van der Waals surface area contributed by atoms with Crippen LogP contribution in [0.5, 0.6) is 0 Å². The van der Waals surface area contributed by atoms with E-state index in [-0.39, 0.29) is 13.0 Å². The molecule has 78 valence electrons. The Morgan fingerprint density at radius 3 is 2.93 bits per heavy atom. The molecule has 15 heavy (non-hydrogen) atoms. The number of anilines is 1. The third kappa shape index (κ3) is 3.65. The van der Waals surface area contributed by atoms with Crippen molar-refractivity contribution in [1.82, 2.24) is 4.98 Å². The molecular weight excluding hydrogens is 194 g/mol. The Hall–Kier alpha value is -2.09. The van der Waals surface area contributed by atoms with Crippen LogP contribution in [-0.4, -0.2) is 29.1 Å². The third-order valence-electron chi connectivity index (χ3n) is 1.79. The van der Waals surface area contributed by atoms with Crippen LogP contribution in [0.4, 0.5) is 5.82 Å². The molecule has 1 N–H and O–H groups in total. The Bertz CT molecular complexity index is 359. The topological polar surface area (TPSA) is 77.2 Å². The van der Waals surface area contributed by atoms with Gasteiger partial charge in [0, 0.05) is 12.7 Å². The lowest BCUT2D eigenvalue weighted by Gasteiger charge is -2.19. The fourth-order valence-corrected chi connectivity index (χ4v) is 1.16. The molecule has 0 atom stereocenters. The number of carboxylic acid groups (broad SMARTS) is 1. The van der Waals surface area contributed by atoms with Crippen molar-refractivity contribution in [3.05, 3.63) is 24.4 Å². The summed E-state index contributed by atoms with van der Waals surface area (Å²) in [5, 5.41) is 17.1. The highest BCUT2D eigenvalue weighted by atomic mass is 16.4. The van der Waals surface area contributed by atoms with Gasteiger partial charge >= 0.3 is 5.97 Å². The van der Waals surface area contributed by atoms with Crippen LogP contribution >= 0.6 is 0 Å². The second-order valence-electron chi connectivity index (χ2n) is 2.91. The Labute approximate surface area is 87.6 Å². The molecule has 0 saturated carbocycles. The van der Waals surface area contributed by atoms with Gasteiger partial charge in [0.1, 0.15) is 12.4 Å². The van der Waals surface area contributed by atoms with E-state index < -0.39 is 5.97 Å². The molecule has 0 amide bonds. The number of aliphatic carboxylic acids is 1. The molecule has 5 nitrogen and oxygen atoms in total. The molecule has 1 rings (SSSR count). The first-order valence-electron chi connectivity index (χ1n) is 4.48. The van der Waals surface area contributed by atoms with Gasteiger partial charge in [0.25, 0.3) is 0 Å². The van der Waals surface area contributed by atoms with Gasteiger partial charge in [-0.25, -0.2) is 4.98 Å². The number of rotatable bonds is 5. The number of hydrogen-bond donors (Lipinski definition) is 1. The van der Waals surface area contributed by atoms with Gasteiger partial charge in [0.2, 0.25) is 0 Å². The number of carbonyl (C=O) groups is 1. The van der Waals surface area contributed by atoms with Gasteiger partial charge in [-0.2, -0.15) is 5.26 Å². The van der Waals surface area contributed by atoms with E-state index in [4.69, 9.17) is 10.4 Å². The standard InChI is InChI=1S/C10H11N3O2/c11-5-3-7-13(8-10(14)15)9-4-1-2-6-12-9/h1-2,4,6H,3,7-8H2,(H,14,15). The summed E-state index contributed by atoms with van der Waals surface area (Å²) in [6.45, 7) is 0.235. The lowest BCUT2D eigenvalue weighted by Crippen LogP contribution is -2.31. The number of pyridine rings is 1. The summed E-state index contributed by atoms with van der Waals surface area (Å²) < 4.78 is 0. The summed E-state index contributed by atoms with van der Waals surface area (Å²) in [6.07, 6.45) is 1.88. The van der Waals surface area contributed by atoms with Crippen LogP contribution in [0.1, 0.15) is 6.42 Å². The van der Waals surface area contributed by atoms with E-state index in [2.05, 4.69) is 4.98 Å². The van der Waals surface area contributed by atoms with Gasteiger partial charge in [0.15, 0.2) is 0 Å². The first-order chi connectivity index (χ1) is 7.24. The van der Waals surface area contributed by atoms with E-state index in [9.17, 15) is 4.79 Å². The van der Waals surface area contributed by atoms with Gasteiger partial charge in [-0.3, -0.25) is 4.79 Å². The van der Waals surface area contributed by atoms with Gasteiger partial charge < -0.3 is 10.0 Å². The van der Waals surface area contributed by atoms with Crippen LogP contribution in [0.3, 0.4) is 0 Å².